The molecule has 2 nitrogen and oxygen atoms in total. The Bertz CT molecular complexity index is 262. The van der Waals surface area contributed by atoms with Crippen LogP contribution in [0.25, 0.3) is 0 Å². The smallest absolute Gasteiger partial charge is 0.148 e. The second kappa shape index (κ2) is 2.10. The average molecular weight is 207 g/mol. The molecule has 1 aliphatic heterocycles. The maximum atomic E-state index is 6.12. The van der Waals surface area contributed by atoms with E-state index >= 15 is 0 Å². The highest BCUT2D eigenvalue weighted by molar-refractivity contribution is 6.52. The maximum absolute atomic E-state index is 6.12. The van der Waals surface area contributed by atoms with Gasteiger partial charge in [0.2, 0.25) is 0 Å². The van der Waals surface area contributed by atoms with Crippen LogP contribution in [0.5, 0.6) is 0 Å². The number of halogens is 2. The Hall–Kier alpha value is 0.0500. The molecule has 1 fully saturated rings. The molecule has 0 spiro atoms. The van der Waals surface area contributed by atoms with E-state index in [-0.39, 0.29) is 11.5 Å². The quantitative estimate of drug-likeness (QED) is 0.605. The van der Waals surface area contributed by atoms with Gasteiger partial charge in [0.05, 0.1) is 11.4 Å². The lowest BCUT2D eigenvalue weighted by atomic mass is 9.96. The summed E-state index contributed by atoms with van der Waals surface area (Å²) in [6.07, 6.45) is 0.821. The number of alkyl halides is 2. The first kappa shape index (κ1) is 8.64. The first-order valence-electron chi connectivity index (χ1n) is 4.11. The Morgan fingerprint density at radius 3 is 2.67 bits per heavy atom. The van der Waals surface area contributed by atoms with Crippen molar-refractivity contribution in [3.63, 3.8) is 0 Å². The van der Waals surface area contributed by atoms with Crippen LogP contribution in [-0.2, 0) is 0 Å². The van der Waals surface area contributed by atoms with Crippen molar-refractivity contribution >= 4 is 29.0 Å². The van der Waals surface area contributed by atoms with Gasteiger partial charge in [-0.25, -0.2) is 0 Å². The molecule has 1 heterocycles. The molecule has 12 heavy (non-hydrogen) atoms. The van der Waals surface area contributed by atoms with Crippen LogP contribution < -0.4 is 5.73 Å². The highest BCUT2D eigenvalue weighted by atomic mass is 35.5. The Morgan fingerprint density at radius 1 is 1.58 bits per heavy atom. The minimum Gasteiger partial charge on any atom is -0.387 e. The van der Waals surface area contributed by atoms with Gasteiger partial charge in [0.15, 0.2) is 0 Å². The van der Waals surface area contributed by atoms with Crippen molar-refractivity contribution in [3.05, 3.63) is 0 Å². The fraction of sp³-hybridized carbons (Fsp3) is 0.875. The maximum Gasteiger partial charge on any atom is 0.148 e. The third kappa shape index (κ3) is 0.801. The summed E-state index contributed by atoms with van der Waals surface area (Å²) < 4.78 is -0.687. The van der Waals surface area contributed by atoms with Crippen molar-refractivity contribution in [2.24, 2.45) is 22.6 Å². The van der Waals surface area contributed by atoms with Crippen molar-refractivity contribution in [3.8, 4) is 0 Å². The standard InChI is InChI=1S/C8H12Cl2N2/c1-4-3-5(11)12-7(2)6(4)8(7,9)10/h4,6H,3H2,1-2H3,(H2,11,12)/t4?,6-,7-/m0/s1. The van der Waals surface area contributed by atoms with Crippen LogP contribution in [0.1, 0.15) is 20.3 Å². The van der Waals surface area contributed by atoms with E-state index < -0.39 is 4.33 Å². The predicted octanol–water partition coefficient (Wildman–Crippen LogP) is 1.95. The first-order valence-corrected chi connectivity index (χ1v) is 4.87. The number of rotatable bonds is 0. The van der Waals surface area contributed by atoms with Gasteiger partial charge in [0.1, 0.15) is 4.33 Å². The SMILES string of the molecule is CC1CC(N)=N[C@@]2(C)[C@H]1C2(Cl)Cl. The molecule has 0 aromatic heterocycles. The first-order chi connectivity index (χ1) is 5.39. The van der Waals surface area contributed by atoms with Crippen LogP contribution in [0.15, 0.2) is 4.99 Å². The molecule has 0 radical (unpaired) electrons. The van der Waals surface area contributed by atoms with Gasteiger partial charge in [-0.2, -0.15) is 0 Å². The van der Waals surface area contributed by atoms with Gasteiger partial charge in [-0.05, 0) is 12.8 Å². The molecule has 3 atom stereocenters. The lowest BCUT2D eigenvalue weighted by molar-refractivity contribution is 0.451. The lowest BCUT2D eigenvalue weighted by Gasteiger charge is -2.18. The minimum absolute atomic E-state index is 0.278. The average Bonchev–Trinajstić information content (AvgIpc) is 2.24. The van der Waals surface area contributed by atoms with Crippen molar-refractivity contribution < 1.29 is 0 Å². The molecule has 0 amide bonds. The van der Waals surface area contributed by atoms with Gasteiger partial charge in [-0.15, -0.1) is 0 Å². The van der Waals surface area contributed by atoms with Crippen LogP contribution in [0.2, 0.25) is 0 Å². The molecule has 2 rings (SSSR count). The number of hydrogen-bond donors (Lipinski definition) is 1. The number of aliphatic imine (C=N–C) groups is 1. The van der Waals surface area contributed by atoms with Gasteiger partial charge in [-0.3, -0.25) is 4.99 Å². The summed E-state index contributed by atoms with van der Waals surface area (Å²) in [6.45, 7) is 4.09. The molecular formula is C8H12Cl2N2. The van der Waals surface area contributed by atoms with E-state index in [4.69, 9.17) is 28.9 Å². The monoisotopic (exact) mass is 206 g/mol. The molecule has 0 saturated heterocycles. The Morgan fingerprint density at radius 2 is 2.17 bits per heavy atom. The minimum atomic E-state index is -0.687. The zero-order chi connectivity index (χ0) is 9.15. The van der Waals surface area contributed by atoms with E-state index in [1.165, 1.54) is 0 Å². The van der Waals surface area contributed by atoms with Crippen LogP contribution in [0.4, 0.5) is 0 Å². The molecule has 68 valence electrons. The zero-order valence-electron chi connectivity index (χ0n) is 7.14. The summed E-state index contributed by atoms with van der Waals surface area (Å²) in [5.41, 5.74) is 5.36. The topological polar surface area (TPSA) is 38.4 Å². The summed E-state index contributed by atoms with van der Waals surface area (Å²) >= 11 is 12.2. The van der Waals surface area contributed by atoms with Crippen molar-refractivity contribution in [2.75, 3.05) is 0 Å². The normalized spacial score (nSPS) is 49.5. The summed E-state index contributed by atoms with van der Waals surface area (Å²) in [5, 5.41) is 0. The van der Waals surface area contributed by atoms with Crippen LogP contribution >= 0.6 is 23.2 Å². The van der Waals surface area contributed by atoms with Gasteiger partial charge >= 0.3 is 0 Å². The highest BCUT2D eigenvalue weighted by Gasteiger charge is 2.76. The summed E-state index contributed by atoms with van der Waals surface area (Å²) in [4.78, 5) is 4.32. The van der Waals surface area contributed by atoms with Crippen LogP contribution in [-0.4, -0.2) is 15.7 Å². The van der Waals surface area contributed by atoms with Gasteiger partial charge < -0.3 is 5.73 Å². The van der Waals surface area contributed by atoms with Crippen molar-refractivity contribution in [2.45, 2.75) is 30.1 Å². The largest absolute Gasteiger partial charge is 0.387 e. The second-order valence-corrected chi connectivity index (χ2v) is 5.42. The van der Waals surface area contributed by atoms with Gasteiger partial charge in [-0.1, -0.05) is 30.1 Å². The van der Waals surface area contributed by atoms with Crippen LogP contribution in [0.3, 0.4) is 0 Å². The number of nitrogens with zero attached hydrogens (tertiary/aromatic N) is 1. The molecule has 1 aliphatic carbocycles. The third-order valence-electron chi connectivity index (χ3n) is 3.06. The molecule has 1 saturated carbocycles. The summed E-state index contributed by atoms with van der Waals surface area (Å²) in [6, 6.07) is 0. The zero-order valence-corrected chi connectivity index (χ0v) is 8.65. The van der Waals surface area contributed by atoms with E-state index in [1.807, 2.05) is 6.92 Å². The van der Waals surface area contributed by atoms with E-state index in [0.717, 1.165) is 6.42 Å². The van der Waals surface area contributed by atoms with Crippen molar-refractivity contribution in [1.29, 1.82) is 0 Å². The van der Waals surface area contributed by atoms with E-state index in [1.54, 1.807) is 0 Å². The number of fused-ring (bicyclic) bond motifs is 1. The van der Waals surface area contributed by atoms with Gasteiger partial charge in [0.25, 0.3) is 0 Å². The van der Waals surface area contributed by atoms with E-state index in [0.29, 0.717) is 11.8 Å². The third-order valence-corrected chi connectivity index (χ3v) is 4.30. The molecule has 2 aliphatic rings. The highest BCUT2D eigenvalue weighted by Crippen LogP contribution is 2.69. The fourth-order valence-corrected chi connectivity index (χ4v) is 3.46. The Balaban J connectivity index is 2.38. The molecule has 0 aromatic carbocycles. The fourth-order valence-electron chi connectivity index (χ4n) is 2.40. The molecule has 1 unspecified atom stereocenters. The van der Waals surface area contributed by atoms with Gasteiger partial charge in [0, 0.05) is 12.3 Å². The number of hydrogen-bond acceptors (Lipinski definition) is 2. The van der Waals surface area contributed by atoms with Crippen molar-refractivity contribution in [1.82, 2.24) is 0 Å². The summed E-state index contributed by atoms with van der Waals surface area (Å²) in [7, 11) is 0. The molecule has 0 aromatic rings. The second-order valence-electron chi connectivity index (χ2n) is 4.03. The summed E-state index contributed by atoms with van der Waals surface area (Å²) in [5.74, 6) is 1.41. The molecular weight excluding hydrogens is 195 g/mol. The Labute approximate surface area is 82.1 Å². The van der Waals surface area contributed by atoms with E-state index in [2.05, 4.69) is 11.9 Å². The Kier molecular flexibility index (Phi) is 1.51. The molecule has 4 heteroatoms. The van der Waals surface area contributed by atoms with E-state index in [9.17, 15) is 0 Å². The van der Waals surface area contributed by atoms with Crippen LogP contribution in [0, 0.1) is 11.8 Å². The number of nitrogens with two attached hydrogens (primary N) is 1. The number of amidine groups is 1. The molecule has 2 N–H and O–H groups in total. The predicted molar refractivity (Wildman–Crippen MR) is 51.7 cm³/mol. The lowest BCUT2D eigenvalue weighted by Crippen LogP contribution is -2.26. The molecule has 0 bridgehead atoms.